The molecule has 0 bridgehead atoms. The minimum Gasteiger partial charge on any atom is -0.388 e. The molecule has 1 aromatic rings. The van der Waals surface area contributed by atoms with Gasteiger partial charge < -0.3 is 11.1 Å². The maximum Gasteiger partial charge on any atom is 0.223 e. The highest BCUT2D eigenvalue weighted by atomic mass is 32.1. The molecule has 0 aliphatic carbocycles. The molecule has 0 saturated carbocycles. The van der Waals surface area contributed by atoms with E-state index in [9.17, 15) is 0 Å². The van der Waals surface area contributed by atoms with Gasteiger partial charge in [-0.1, -0.05) is 32.0 Å². The molecular formula is C11H18N4S. The van der Waals surface area contributed by atoms with E-state index in [0.29, 0.717) is 16.6 Å². The van der Waals surface area contributed by atoms with Crippen molar-refractivity contribution in [3.8, 4) is 0 Å². The van der Waals surface area contributed by atoms with Gasteiger partial charge in [-0.15, -0.1) is 0 Å². The summed E-state index contributed by atoms with van der Waals surface area (Å²) >= 11 is 4.90. The van der Waals surface area contributed by atoms with Crippen molar-refractivity contribution in [1.29, 1.82) is 0 Å². The van der Waals surface area contributed by atoms with Gasteiger partial charge in [-0.2, -0.15) is 0 Å². The molecule has 0 aliphatic rings. The van der Waals surface area contributed by atoms with Crippen LogP contribution in [-0.4, -0.2) is 21.5 Å². The predicted octanol–water partition coefficient (Wildman–Crippen LogP) is 2.02. The first-order chi connectivity index (χ1) is 7.63. The molecule has 4 nitrogen and oxygen atoms in total. The Labute approximate surface area is 102 Å². The SMILES string of the molecule is CCCCCNc1nc(C)cc(C(N)=S)n1. The van der Waals surface area contributed by atoms with Crippen LogP contribution in [0.5, 0.6) is 0 Å². The molecule has 0 aliphatic heterocycles. The zero-order valence-corrected chi connectivity index (χ0v) is 10.6. The summed E-state index contributed by atoms with van der Waals surface area (Å²) < 4.78 is 0. The van der Waals surface area contributed by atoms with Gasteiger partial charge in [-0.3, -0.25) is 0 Å². The van der Waals surface area contributed by atoms with Gasteiger partial charge in [0.2, 0.25) is 5.95 Å². The van der Waals surface area contributed by atoms with Gasteiger partial charge in [0.1, 0.15) is 10.7 Å². The number of aryl methyl sites for hydroxylation is 1. The Bertz CT molecular complexity index is 365. The summed E-state index contributed by atoms with van der Waals surface area (Å²) in [5.74, 6) is 0.610. The number of nitrogens with zero attached hydrogens (tertiary/aromatic N) is 2. The number of hydrogen-bond donors (Lipinski definition) is 2. The fourth-order valence-electron chi connectivity index (χ4n) is 1.35. The maximum atomic E-state index is 5.54. The van der Waals surface area contributed by atoms with Crippen LogP contribution in [0.1, 0.15) is 37.6 Å². The molecule has 0 unspecified atom stereocenters. The van der Waals surface area contributed by atoms with Crippen molar-refractivity contribution in [3.05, 3.63) is 17.5 Å². The number of hydrogen-bond acceptors (Lipinski definition) is 4. The smallest absolute Gasteiger partial charge is 0.223 e. The van der Waals surface area contributed by atoms with E-state index in [0.717, 1.165) is 18.7 Å². The van der Waals surface area contributed by atoms with Crippen LogP contribution in [0.3, 0.4) is 0 Å². The molecule has 0 amide bonds. The third-order valence-corrected chi connectivity index (χ3v) is 2.38. The van der Waals surface area contributed by atoms with Crippen molar-refractivity contribution < 1.29 is 0 Å². The van der Waals surface area contributed by atoms with Gasteiger partial charge in [0, 0.05) is 12.2 Å². The average molecular weight is 238 g/mol. The van der Waals surface area contributed by atoms with Gasteiger partial charge >= 0.3 is 0 Å². The molecule has 1 rings (SSSR count). The second-order valence-electron chi connectivity index (χ2n) is 3.72. The minimum absolute atomic E-state index is 0.308. The summed E-state index contributed by atoms with van der Waals surface area (Å²) in [5.41, 5.74) is 7.04. The van der Waals surface area contributed by atoms with E-state index < -0.39 is 0 Å². The Balaban J connectivity index is 2.62. The summed E-state index contributed by atoms with van der Waals surface area (Å²) in [6.45, 7) is 4.96. The molecular weight excluding hydrogens is 220 g/mol. The molecule has 0 fully saturated rings. The molecule has 88 valence electrons. The first kappa shape index (κ1) is 12.8. The van der Waals surface area contributed by atoms with Crippen molar-refractivity contribution in [1.82, 2.24) is 9.97 Å². The van der Waals surface area contributed by atoms with E-state index >= 15 is 0 Å². The summed E-state index contributed by atoms with van der Waals surface area (Å²) in [6.07, 6.45) is 3.53. The third-order valence-electron chi connectivity index (χ3n) is 2.17. The largest absolute Gasteiger partial charge is 0.388 e. The van der Waals surface area contributed by atoms with Crippen LogP contribution >= 0.6 is 12.2 Å². The number of aromatic nitrogens is 2. The highest BCUT2D eigenvalue weighted by Crippen LogP contribution is 2.05. The molecule has 3 N–H and O–H groups in total. The Morgan fingerprint density at radius 3 is 2.81 bits per heavy atom. The lowest BCUT2D eigenvalue weighted by Gasteiger charge is -2.06. The first-order valence-electron chi connectivity index (χ1n) is 5.53. The van der Waals surface area contributed by atoms with Crippen molar-refractivity contribution in [2.75, 3.05) is 11.9 Å². The highest BCUT2D eigenvalue weighted by molar-refractivity contribution is 7.80. The molecule has 0 atom stereocenters. The summed E-state index contributed by atoms with van der Waals surface area (Å²) in [7, 11) is 0. The Hall–Kier alpha value is -1.23. The van der Waals surface area contributed by atoms with E-state index in [1.807, 2.05) is 6.92 Å². The number of anilines is 1. The maximum absolute atomic E-state index is 5.54. The number of thiocarbonyl (C=S) groups is 1. The van der Waals surface area contributed by atoms with Crippen LogP contribution in [-0.2, 0) is 0 Å². The molecule has 1 aromatic heterocycles. The fourth-order valence-corrected chi connectivity index (χ4v) is 1.45. The van der Waals surface area contributed by atoms with E-state index in [2.05, 4.69) is 22.2 Å². The Kier molecular flexibility index (Phi) is 5.11. The minimum atomic E-state index is 0.308. The van der Waals surface area contributed by atoms with Crippen LogP contribution in [0.15, 0.2) is 6.07 Å². The second kappa shape index (κ2) is 6.37. The number of rotatable bonds is 6. The van der Waals surface area contributed by atoms with Crippen LogP contribution in [0, 0.1) is 6.92 Å². The summed E-state index contributed by atoms with van der Waals surface area (Å²) in [6, 6.07) is 1.79. The van der Waals surface area contributed by atoms with Crippen molar-refractivity contribution in [3.63, 3.8) is 0 Å². The van der Waals surface area contributed by atoms with Gasteiger partial charge in [-0.05, 0) is 19.4 Å². The van der Waals surface area contributed by atoms with Gasteiger partial charge in [-0.25, -0.2) is 9.97 Å². The molecule has 16 heavy (non-hydrogen) atoms. The van der Waals surface area contributed by atoms with Gasteiger partial charge in [0.05, 0.1) is 0 Å². The molecule has 0 saturated heterocycles. The molecule has 5 heteroatoms. The van der Waals surface area contributed by atoms with Crippen LogP contribution in [0.2, 0.25) is 0 Å². The average Bonchev–Trinajstić information content (AvgIpc) is 2.23. The zero-order chi connectivity index (χ0) is 12.0. The van der Waals surface area contributed by atoms with Crippen LogP contribution in [0.25, 0.3) is 0 Å². The van der Waals surface area contributed by atoms with Crippen molar-refractivity contribution >= 4 is 23.2 Å². The lowest BCUT2D eigenvalue weighted by molar-refractivity contribution is 0.740. The van der Waals surface area contributed by atoms with Gasteiger partial charge in [0.15, 0.2) is 0 Å². The van der Waals surface area contributed by atoms with E-state index in [1.54, 1.807) is 6.07 Å². The van der Waals surface area contributed by atoms with Crippen LogP contribution in [0.4, 0.5) is 5.95 Å². The van der Waals surface area contributed by atoms with E-state index in [1.165, 1.54) is 12.8 Å². The first-order valence-corrected chi connectivity index (χ1v) is 5.93. The molecule has 0 spiro atoms. The quantitative estimate of drug-likeness (QED) is 0.586. The lowest BCUT2D eigenvalue weighted by atomic mass is 10.2. The fraction of sp³-hybridized carbons (Fsp3) is 0.545. The van der Waals surface area contributed by atoms with Crippen LogP contribution < -0.4 is 11.1 Å². The standard InChI is InChI=1S/C11H18N4S/c1-3-4-5-6-13-11-14-8(2)7-9(15-11)10(12)16/h7H,3-6H2,1-2H3,(H2,12,16)(H,13,14,15). The summed E-state index contributed by atoms with van der Waals surface area (Å²) in [5, 5.41) is 3.18. The normalized spacial score (nSPS) is 10.1. The molecule has 0 radical (unpaired) electrons. The third kappa shape index (κ3) is 4.10. The lowest BCUT2D eigenvalue weighted by Crippen LogP contribution is -2.15. The molecule has 1 heterocycles. The molecule has 0 aromatic carbocycles. The second-order valence-corrected chi connectivity index (χ2v) is 4.16. The van der Waals surface area contributed by atoms with Crippen molar-refractivity contribution in [2.45, 2.75) is 33.1 Å². The van der Waals surface area contributed by atoms with E-state index in [4.69, 9.17) is 18.0 Å². The summed E-state index contributed by atoms with van der Waals surface area (Å²) in [4.78, 5) is 8.83. The van der Waals surface area contributed by atoms with E-state index in [-0.39, 0.29) is 0 Å². The topological polar surface area (TPSA) is 63.8 Å². The zero-order valence-electron chi connectivity index (χ0n) is 9.79. The number of unbranched alkanes of at least 4 members (excludes halogenated alkanes) is 2. The number of nitrogens with two attached hydrogens (primary N) is 1. The Morgan fingerprint density at radius 1 is 1.44 bits per heavy atom. The monoisotopic (exact) mass is 238 g/mol. The van der Waals surface area contributed by atoms with Gasteiger partial charge in [0.25, 0.3) is 0 Å². The number of nitrogens with one attached hydrogen (secondary N) is 1. The predicted molar refractivity (Wildman–Crippen MR) is 70.7 cm³/mol. The van der Waals surface area contributed by atoms with Crippen molar-refractivity contribution in [2.24, 2.45) is 5.73 Å². The Morgan fingerprint density at radius 2 is 2.19 bits per heavy atom. The highest BCUT2D eigenvalue weighted by Gasteiger charge is 2.03.